The third kappa shape index (κ3) is 6.91. The van der Waals surface area contributed by atoms with Gasteiger partial charge in [-0.2, -0.15) is 0 Å². The molecule has 0 saturated heterocycles. The van der Waals surface area contributed by atoms with Crippen LogP contribution in [0.5, 0.6) is 0 Å². The van der Waals surface area contributed by atoms with E-state index in [4.69, 9.17) is 21.3 Å². The SMILES string of the molecule is NCCCCCNC(=O)c1ccc(-c2c3ccc(=[NH2+])c(S(=O)(=O)[O-])c-3oc3c(S(=O)(=O)[O-])c(N)ccc23)c(C(=O)O)c1.[Na+]. The molecule has 0 saturated carbocycles. The van der Waals surface area contributed by atoms with Gasteiger partial charge >= 0.3 is 35.5 Å². The standard InChI is InChI=1S/C26H26N4O10S2.Na/c27-10-2-1-3-11-30-25(31)13-4-5-14(17(12-13)26(32)33)20-15-6-8-18(28)23(41(34,35)36)21(15)40-22-16(20)7-9-19(29)24(22)42(37,38)39;/h4-9,12,28H,1-3,10-11,27,29H2,(H,30,31)(H,32,33)(H,34,35,36)(H,37,38,39);/q;+1/p-1. The van der Waals surface area contributed by atoms with Crippen LogP contribution in [-0.4, -0.2) is 56.0 Å². The molecule has 0 radical (unpaired) electrons. The number of carbonyl (C=O) groups excluding carboxylic acids is 1. The maximum atomic E-state index is 12.7. The second kappa shape index (κ2) is 13.1. The average Bonchev–Trinajstić information content (AvgIpc) is 2.89. The predicted octanol–water partition coefficient (Wildman–Crippen LogP) is -3.18. The van der Waals surface area contributed by atoms with Crippen LogP contribution in [0.4, 0.5) is 5.69 Å². The fourth-order valence-corrected chi connectivity index (χ4v) is 6.11. The van der Waals surface area contributed by atoms with E-state index in [1.807, 2.05) is 0 Å². The largest absolute Gasteiger partial charge is 1.00 e. The fraction of sp³-hybridized carbons (Fsp3) is 0.192. The van der Waals surface area contributed by atoms with E-state index in [-0.39, 0.29) is 57.2 Å². The summed E-state index contributed by atoms with van der Waals surface area (Å²) in [6.07, 6.45) is 2.22. The molecule has 2 aromatic rings. The first kappa shape index (κ1) is 34.1. The number of carboxylic acids is 1. The van der Waals surface area contributed by atoms with Gasteiger partial charge in [-0.1, -0.05) is 12.5 Å². The zero-order valence-corrected chi connectivity index (χ0v) is 26.4. The molecule has 0 unspecified atom stereocenters. The topological polar surface area (TPSA) is 272 Å². The molecule has 222 valence electrons. The van der Waals surface area contributed by atoms with Crippen LogP contribution in [0.2, 0.25) is 0 Å². The molecule has 2 aromatic carbocycles. The molecule has 8 N–H and O–H groups in total. The van der Waals surface area contributed by atoms with E-state index in [1.165, 1.54) is 24.3 Å². The zero-order valence-electron chi connectivity index (χ0n) is 22.7. The summed E-state index contributed by atoms with van der Waals surface area (Å²) in [5.74, 6) is -2.78. The van der Waals surface area contributed by atoms with Crippen molar-refractivity contribution >= 4 is 48.8 Å². The summed E-state index contributed by atoms with van der Waals surface area (Å²) < 4.78 is 78.8. The van der Waals surface area contributed by atoms with Gasteiger partial charge in [0.15, 0.2) is 16.2 Å². The molecular weight excluding hydrogens is 615 g/mol. The summed E-state index contributed by atoms with van der Waals surface area (Å²) in [4.78, 5) is 23.1. The first-order chi connectivity index (χ1) is 19.7. The van der Waals surface area contributed by atoms with Gasteiger partial charge in [-0.05, 0) is 55.3 Å². The number of aromatic carboxylic acids is 1. The van der Waals surface area contributed by atoms with Gasteiger partial charge < -0.3 is 35.4 Å². The molecule has 2 aliphatic rings. The monoisotopic (exact) mass is 640 g/mol. The first-order valence-electron chi connectivity index (χ1n) is 12.3. The Morgan fingerprint density at radius 1 is 0.930 bits per heavy atom. The minimum absolute atomic E-state index is 0. The minimum Gasteiger partial charge on any atom is -0.744 e. The molecule has 14 nitrogen and oxygen atoms in total. The van der Waals surface area contributed by atoms with E-state index >= 15 is 0 Å². The zero-order chi connectivity index (χ0) is 31.0. The van der Waals surface area contributed by atoms with Crippen LogP contribution in [0.3, 0.4) is 0 Å². The van der Waals surface area contributed by atoms with Crippen molar-refractivity contribution in [2.24, 2.45) is 5.73 Å². The number of carboxylic acid groups (broad SMARTS) is 1. The molecule has 1 heterocycles. The number of anilines is 1. The Kier molecular flexibility index (Phi) is 10.4. The van der Waals surface area contributed by atoms with Crippen molar-refractivity contribution in [3.63, 3.8) is 0 Å². The molecule has 4 rings (SSSR count). The maximum absolute atomic E-state index is 12.7. The van der Waals surface area contributed by atoms with E-state index in [0.29, 0.717) is 19.5 Å². The summed E-state index contributed by atoms with van der Waals surface area (Å²) in [5.41, 5.74) is 9.13. The van der Waals surface area contributed by atoms with Gasteiger partial charge in [0.25, 0.3) is 5.91 Å². The number of hydrogen-bond donors (Lipinski definition) is 5. The Labute approximate surface area is 267 Å². The van der Waals surface area contributed by atoms with E-state index < -0.39 is 69.9 Å². The number of benzene rings is 3. The van der Waals surface area contributed by atoms with Gasteiger partial charge in [0.2, 0.25) is 5.36 Å². The van der Waals surface area contributed by atoms with Gasteiger partial charge in [0.1, 0.15) is 25.1 Å². The molecule has 0 fully saturated rings. The van der Waals surface area contributed by atoms with Crippen molar-refractivity contribution in [1.82, 2.24) is 5.32 Å². The van der Waals surface area contributed by atoms with E-state index in [2.05, 4.69) is 5.32 Å². The number of fused-ring (bicyclic) bond motifs is 2. The number of hydrogen-bond acceptors (Lipinski definition) is 11. The Morgan fingerprint density at radius 3 is 2.19 bits per heavy atom. The van der Waals surface area contributed by atoms with Crippen molar-refractivity contribution in [3.8, 4) is 22.5 Å². The number of carbonyl (C=O) groups is 2. The van der Waals surface area contributed by atoms with Crippen LogP contribution in [-0.2, 0) is 20.2 Å². The summed E-state index contributed by atoms with van der Waals surface area (Å²) >= 11 is 0. The van der Waals surface area contributed by atoms with Crippen LogP contribution < -0.4 is 57.1 Å². The van der Waals surface area contributed by atoms with Gasteiger partial charge in [-0.15, -0.1) is 0 Å². The third-order valence-corrected chi connectivity index (χ3v) is 8.32. The fourth-order valence-electron chi connectivity index (χ4n) is 4.64. The Balaban J connectivity index is 0.00000506. The Morgan fingerprint density at radius 2 is 1.58 bits per heavy atom. The summed E-state index contributed by atoms with van der Waals surface area (Å²) in [6, 6.07) is 8.29. The van der Waals surface area contributed by atoms with Crippen molar-refractivity contribution in [3.05, 3.63) is 58.9 Å². The Bertz CT molecular complexity index is 1990. The number of nitrogens with two attached hydrogens (primary N) is 3. The second-order valence-corrected chi connectivity index (χ2v) is 11.9. The van der Waals surface area contributed by atoms with Gasteiger partial charge in [-0.3, -0.25) is 10.2 Å². The summed E-state index contributed by atoms with van der Waals surface area (Å²) in [5, 5.41) is 17.9. The summed E-state index contributed by atoms with van der Waals surface area (Å²) in [6.45, 7) is 0.831. The Hall–Kier alpha value is -3.35. The summed E-state index contributed by atoms with van der Waals surface area (Å²) in [7, 11) is -10.7. The molecule has 1 aliphatic carbocycles. The number of unbranched alkanes of at least 4 members (excludes halogenated alkanes) is 2. The first-order valence-corrected chi connectivity index (χ1v) is 15.2. The van der Waals surface area contributed by atoms with Gasteiger partial charge in [0, 0.05) is 34.7 Å². The van der Waals surface area contributed by atoms with Crippen LogP contribution in [0.25, 0.3) is 33.4 Å². The third-order valence-electron chi connectivity index (χ3n) is 6.48. The smallest absolute Gasteiger partial charge is 0.744 e. The van der Waals surface area contributed by atoms with Crippen molar-refractivity contribution in [2.45, 2.75) is 29.1 Å². The van der Waals surface area contributed by atoms with Crippen LogP contribution in [0, 0.1) is 0 Å². The van der Waals surface area contributed by atoms with E-state index in [0.717, 1.165) is 31.0 Å². The van der Waals surface area contributed by atoms with Gasteiger partial charge in [-0.25, -0.2) is 21.6 Å². The molecule has 0 spiro atoms. The minimum atomic E-state index is -5.35. The predicted molar refractivity (Wildman–Crippen MR) is 146 cm³/mol. The normalized spacial score (nSPS) is 11.8. The van der Waals surface area contributed by atoms with Crippen molar-refractivity contribution in [2.75, 3.05) is 18.8 Å². The van der Waals surface area contributed by atoms with Crippen molar-refractivity contribution in [1.29, 1.82) is 0 Å². The number of amides is 1. The quantitative estimate of drug-likeness (QED) is 0.0377. The molecule has 1 amide bonds. The average molecular weight is 641 g/mol. The van der Waals surface area contributed by atoms with Crippen LogP contribution in [0.15, 0.2) is 56.7 Å². The molecule has 0 aromatic heterocycles. The molecule has 0 atom stereocenters. The molecular formula is C26H25N4NaO10S2. The second-order valence-electron chi connectivity index (χ2n) is 9.28. The molecule has 1 aliphatic heterocycles. The van der Waals surface area contributed by atoms with Crippen LogP contribution in [0.1, 0.15) is 40.0 Å². The molecule has 17 heteroatoms. The molecule has 43 heavy (non-hydrogen) atoms. The van der Waals surface area contributed by atoms with E-state index in [1.54, 1.807) is 0 Å². The number of nitrogens with one attached hydrogen (secondary N) is 1. The van der Waals surface area contributed by atoms with E-state index in [9.17, 15) is 40.6 Å². The van der Waals surface area contributed by atoms with Crippen LogP contribution >= 0.6 is 0 Å². The molecule has 0 bridgehead atoms. The number of nitrogen functional groups attached to an aromatic ring is 1. The van der Waals surface area contributed by atoms with Gasteiger partial charge in [0.05, 0.1) is 11.3 Å². The number of rotatable bonds is 10. The maximum Gasteiger partial charge on any atom is 1.00 e. The van der Waals surface area contributed by atoms with Crippen molar-refractivity contribution < 1.29 is 80.0 Å².